The van der Waals surface area contributed by atoms with E-state index in [9.17, 15) is 9.59 Å². The average Bonchev–Trinajstić information content (AvgIpc) is 2.85. The molecule has 2 amide bonds. The first-order chi connectivity index (χ1) is 10.7. The second kappa shape index (κ2) is 6.52. The molecule has 2 aromatic heterocycles. The smallest absolute Gasteiger partial charge is 0.264 e. The van der Waals surface area contributed by atoms with Gasteiger partial charge in [0.25, 0.3) is 11.8 Å². The number of hydrogen-bond acceptors (Lipinski definition) is 6. The number of thiazole rings is 1. The van der Waals surface area contributed by atoms with Crippen LogP contribution in [0.5, 0.6) is 5.75 Å². The maximum atomic E-state index is 11.9. The van der Waals surface area contributed by atoms with Gasteiger partial charge in [-0.05, 0) is 25.0 Å². The molecule has 0 bridgehead atoms. The van der Waals surface area contributed by atoms with Gasteiger partial charge in [-0.3, -0.25) is 19.9 Å². The second-order valence-corrected chi connectivity index (χ2v) is 5.68. The number of amides is 2. The number of aryl methyl sites for hydroxylation is 1. The minimum Gasteiger partial charge on any atom is -0.482 e. The van der Waals surface area contributed by atoms with Crippen LogP contribution in [-0.4, -0.2) is 34.9 Å². The molecule has 114 valence electrons. The van der Waals surface area contributed by atoms with E-state index in [4.69, 9.17) is 4.74 Å². The quantitative estimate of drug-likeness (QED) is 0.884. The van der Waals surface area contributed by atoms with Crippen molar-refractivity contribution in [3.63, 3.8) is 0 Å². The van der Waals surface area contributed by atoms with E-state index in [1.54, 1.807) is 18.3 Å². The van der Waals surface area contributed by atoms with Gasteiger partial charge in [0.1, 0.15) is 10.6 Å². The average molecular weight is 318 g/mol. The summed E-state index contributed by atoms with van der Waals surface area (Å²) < 4.78 is 5.31. The molecule has 2 N–H and O–H groups in total. The van der Waals surface area contributed by atoms with Crippen LogP contribution in [0.1, 0.15) is 21.8 Å². The number of fused-ring (bicyclic) bond motifs is 1. The molecular weight excluding hydrogens is 304 g/mol. The van der Waals surface area contributed by atoms with E-state index in [0.717, 1.165) is 18.5 Å². The third-order valence-corrected chi connectivity index (χ3v) is 4.04. The Morgan fingerprint density at radius 1 is 1.50 bits per heavy atom. The third-order valence-electron chi connectivity index (χ3n) is 3.03. The van der Waals surface area contributed by atoms with Crippen molar-refractivity contribution in [3.8, 4) is 5.75 Å². The normalized spacial score (nSPS) is 13.7. The Balaban J connectivity index is 1.60. The van der Waals surface area contributed by atoms with E-state index in [-0.39, 0.29) is 18.4 Å². The van der Waals surface area contributed by atoms with E-state index >= 15 is 0 Å². The molecule has 1 aliphatic heterocycles. The van der Waals surface area contributed by atoms with Crippen LogP contribution in [0.15, 0.2) is 24.5 Å². The molecule has 0 atom stereocenters. The highest BCUT2D eigenvalue weighted by atomic mass is 32.1. The summed E-state index contributed by atoms with van der Waals surface area (Å²) in [5, 5.41) is 5.87. The van der Waals surface area contributed by atoms with Crippen molar-refractivity contribution >= 4 is 28.3 Å². The number of aromatic nitrogens is 2. The van der Waals surface area contributed by atoms with Crippen LogP contribution >= 0.6 is 11.3 Å². The van der Waals surface area contributed by atoms with E-state index in [2.05, 4.69) is 20.6 Å². The molecule has 8 heteroatoms. The van der Waals surface area contributed by atoms with Crippen molar-refractivity contribution in [2.24, 2.45) is 0 Å². The van der Waals surface area contributed by atoms with E-state index < -0.39 is 0 Å². The molecular formula is C14H14N4O3S. The molecule has 2 aromatic rings. The fourth-order valence-electron chi connectivity index (χ4n) is 2.03. The van der Waals surface area contributed by atoms with Gasteiger partial charge in [0, 0.05) is 12.7 Å². The van der Waals surface area contributed by atoms with Gasteiger partial charge in [0.15, 0.2) is 11.7 Å². The summed E-state index contributed by atoms with van der Waals surface area (Å²) in [6.07, 6.45) is 4.73. The molecule has 0 fully saturated rings. The van der Waals surface area contributed by atoms with Crippen molar-refractivity contribution in [2.45, 2.75) is 12.8 Å². The Morgan fingerprint density at radius 3 is 3.23 bits per heavy atom. The van der Waals surface area contributed by atoms with Gasteiger partial charge in [-0.1, -0.05) is 11.3 Å². The molecule has 0 unspecified atom stereocenters. The fraction of sp³-hybridized carbons (Fsp3) is 0.286. The maximum absolute atomic E-state index is 11.9. The summed E-state index contributed by atoms with van der Waals surface area (Å²) >= 11 is 1.18. The zero-order chi connectivity index (χ0) is 15.4. The van der Waals surface area contributed by atoms with Crippen molar-refractivity contribution in [1.29, 1.82) is 0 Å². The summed E-state index contributed by atoms with van der Waals surface area (Å²) in [5.74, 6) is 0.0669. The van der Waals surface area contributed by atoms with Gasteiger partial charge in [0.05, 0.1) is 11.9 Å². The zero-order valence-corrected chi connectivity index (χ0v) is 12.5. The molecule has 0 radical (unpaired) electrons. The first-order valence-electron chi connectivity index (χ1n) is 6.83. The number of nitrogens with zero attached hydrogens (tertiary/aromatic N) is 2. The summed E-state index contributed by atoms with van der Waals surface area (Å²) in [6.45, 7) is 0.519. The Hall–Kier alpha value is -2.48. The third kappa shape index (κ3) is 3.40. The van der Waals surface area contributed by atoms with E-state index in [1.165, 1.54) is 17.5 Å². The molecule has 7 nitrogen and oxygen atoms in total. The van der Waals surface area contributed by atoms with Crippen LogP contribution in [0.4, 0.5) is 5.13 Å². The summed E-state index contributed by atoms with van der Waals surface area (Å²) in [7, 11) is 0. The lowest BCUT2D eigenvalue weighted by Gasteiger charge is -2.04. The summed E-state index contributed by atoms with van der Waals surface area (Å²) in [6, 6.07) is 3.44. The zero-order valence-electron chi connectivity index (χ0n) is 11.7. The van der Waals surface area contributed by atoms with E-state index in [1.807, 2.05) is 0 Å². The Bertz CT molecular complexity index is 687. The minimum absolute atomic E-state index is 0.128. The molecule has 0 saturated carbocycles. The van der Waals surface area contributed by atoms with Gasteiger partial charge < -0.3 is 10.1 Å². The van der Waals surface area contributed by atoms with Gasteiger partial charge in [-0.2, -0.15) is 0 Å². The number of carbonyl (C=O) groups excluding carboxylic acids is 2. The van der Waals surface area contributed by atoms with Gasteiger partial charge >= 0.3 is 0 Å². The Morgan fingerprint density at radius 2 is 2.41 bits per heavy atom. The molecule has 0 aliphatic carbocycles. The van der Waals surface area contributed by atoms with Crippen LogP contribution < -0.4 is 15.4 Å². The van der Waals surface area contributed by atoms with Gasteiger partial charge in [0.2, 0.25) is 0 Å². The maximum Gasteiger partial charge on any atom is 0.264 e. The number of pyridine rings is 1. The van der Waals surface area contributed by atoms with Crippen LogP contribution in [0.3, 0.4) is 0 Å². The number of hydrogen-bond donors (Lipinski definition) is 2. The van der Waals surface area contributed by atoms with Gasteiger partial charge in [-0.25, -0.2) is 4.98 Å². The standard InChI is InChI=1S/C14H14N4O3S/c19-11(8-21-9-3-1-5-15-7-9)18-14-17-10-4-2-6-16-13(20)12(10)22-14/h1,3,5,7H,2,4,6,8H2,(H,16,20)(H,17,18,19). The monoisotopic (exact) mass is 318 g/mol. The highest BCUT2D eigenvalue weighted by Crippen LogP contribution is 2.25. The first kappa shape index (κ1) is 14.5. The molecule has 22 heavy (non-hydrogen) atoms. The minimum atomic E-state index is -0.326. The molecule has 0 spiro atoms. The molecule has 3 rings (SSSR count). The number of anilines is 1. The summed E-state index contributed by atoms with van der Waals surface area (Å²) in [4.78, 5) is 32.5. The Kier molecular flexibility index (Phi) is 4.29. The summed E-state index contributed by atoms with van der Waals surface area (Å²) in [5.41, 5.74) is 0.739. The lowest BCUT2D eigenvalue weighted by Crippen LogP contribution is -2.21. The highest BCUT2D eigenvalue weighted by molar-refractivity contribution is 7.17. The molecule has 1 aliphatic rings. The first-order valence-corrected chi connectivity index (χ1v) is 7.64. The highest BCUT2D eigenvalue weighted by Gasteiger charge is 2.21. The number of carbonyl (C=O) groups is 2. The largest absolute Gasteiger partial charge is 0.482 e. The Labute approximate surface area is 130 Å². The lowest BCUT2D eigenvalue weighted by atomic mass is 10.2. The van der Waals surface area contributed by atoms with Gasteiger partial charge in [-0.15, -0.1) is 0 Å². The molecule has 0 aromatic carbocycles. The van der Waals surface area contributed by atoms with Crippen molar-refractivity contribution in [2.75, 3.05) is 18.5 Å². The predicted octanol–water partition coefficient (Wildman–Crippen LogP) is 1.23. The van der Waals surface area contributed by atoms with E-state index in [0.29, 0.717) is 22.3 Å². The van der Waals surface area contributed by atoms with Crippen LogP contribution in [0.25, 0.3) is 0 Å². The van der Waals surface area contributed by atoms with Crippen LogP contribution in [-0.2, 0) is 11.2 Å². The predicted molar refractivity (Wildman–Crippen MR) is 81.1 cm³/mol. The van der Waals surface area contributed by atoms with Crippen LogP contribution in [0.2, 0.25) is 0 Å². The van der Waals surface area contributed by atoms with Crippen molar-refractivity contribution in [3.05, 3.63) is 35.1 Å². The van der Waals surface area contributed by atoms with Crippen molar-refractivity contribution in [1.82, 2.24) is 15.3 Å². The molecule has 3 heterocycles. The number of ether oxygens (including phenoxy) is 1. The number of nitrogens with one attached hydrogen (secondary N) is 2. The molecule has 0 saturated heterocycles. The van der Waals surface area contributed by atoms with Crippen LogP contribution in [0, 0.1) is 0 Å². The SMILES string of the molecule is O=C(COc1cccnc1)Nc1nc2c(s1)C(=O)NCCC2. The van der Waals surface area contributed by atoms with Crippen molar-refractivity contribution < 1.29 is 14.3 Å². The topological polar surface area (TPSA) is 93.2 Å². The fourth-order valence-corrected chi connectivity index (χ4v) is 2.97. The number of rotatable bonds is 4. The lowest BCUT2D eigenvalue weighted by molar-refractivity contribution is -0.118. The second-order valence-electron chi connectivity index (χ2n) is 4.68.